The Balaban J connectivity index is 1.93. The highest BCUT2D eigenvalue weighted by Crippen LogP contribution is 2.31. The molecule has 2 heterocycles. The molecule has 0 saturated carbocycles. The number of carbonyl (C=O) groups is 1. The van der Waals surface area contributed by atoms with Crippen LogP contribution in [0.3, 0.4) is 0 Å². The number of hydrogen-bond donors (Lipinski definition) is 1. The van der Waals surface area contributed by atoms with E-state index in [-0.39, 0.29) is 0 Å². The number of aliphatic carboxylic acids is 1. The van der Waals surface area contributed by atoms with Gasteiger partial charge >= 0.3 is 5.97 Å². The molecule has 1 aliphatic heterocycles. The summed E-state index contributed by atoms with van der Waals surface area (Å²) in [6.07, 6.45) is 1.58. The van der Waals surface area contributed by atoms with Gasteiger partial charge in [-0.2, -0.15) is 0 Å². The number of carboxylic acids is 1. The smallest absolute Gasteiger partial charge is 0.312 e. The van der Waals surface area contributed by atoms with E-state index in [0.29, 0.717) is 12.3 Å². The van der Waals surface area contributed by atoms with Crippen LogP contribution in [-0.4, -0.2) is 20.5 Å². The van der Waals surface area contributed by atoms with E-state index >= 15 is 0 Å². The fourth-order valence-electron chi connectivity index (χ4n) is 3.25. The zero-order valence-corrected chi connectivity index (χ0v) is 14.3. The van der Waals surface area contributed by atoms with Gasteiger partial charge in [0.25, 0.3) is 0 Å². The summed E-state index contributed by atoms with van der Waals surface area (Å²) in [5.74, 6) is -0.665. The predicted octanol–water partition coefficient (Wildman–Crippen LogP) is 4.34. The molecular weight excluding hydrogens is 306 g/mol. The average Bonchev–Trinajstić information content (AvgIpc) is 2.98. The first-order valence-corrected chi connectivity index (χ1v) is 8.46. The lowest BCUT2D eigenvalue weighted by Crippen LogP contribution is -2.23. The number of fused-ring (bicyclic) bond motifs is 1. The molecule has 0 saturated heterocycles. The van der Waals surface area contributed by atoms with Crippen LogP contribution in [0.2, 0.25) is 0 Å². The lowest BCUT2D eigenvalue weighted by Gasteiger charge is -2.23. The standard InChI is InChI=1S/C19H21NO2S/c1-12(2)13-5-7-14(8-6-13)18(23)17-10-9-16-15(19(21)22)4-3-11-20(16)17/h5-10,12,15H,3-4,11H2,1-2H3,(H,21,22). The quantitative estimate of drug-likeness (QED) is 0.671. The van der Waals surface area contributed by atoms with Gasteiger partial charge in [0, 0.05) is 12.2 Å². The van der Waals surface area contributed by atoms with Crippen molar-refractivity contribution in [3.63, 3.8) is 0 Å². The lowest BCUT2D eigenvalue weighted by molar-refractivity contribution is -0.139. The van der Waals surface area contributed by atoms with Crippen molar-refractivity contribution in [1.29, 1.82) is 0 Å². The van der Waals surface area contributed by atoms with Crippen LogP contribution in [0, 0.1) is 0 Å². The second-order valence-corrected chi connectivity index (χ2v) is 6.84. The number of rotatable bonds is 4. The van der Waals surface area contributed by atoms with Gasteiger partial charge in [-0.1, -0.05) is 50.3 Å². The molecule has 4 heteroatoms. The molecule has 1 unspecified atom stereocenters. The Hall–Kier alpha value is -1.94. The highest BCUT2D eigenvalue weighted by Gasteiger charge is 2.28. The highest BCUT2D eigenvalue weighted by atomic mass is 32.1. The van der Waals surface area contributed by atoms with Crippen molar-refractivity contribution in [2.24, 2.45) is 0 Å². The summed E-state index contributed by atoms with van der Waals surface area (Å²) in [7, 11) is 0. The summed E-state index contributed by atoms with van der Waals surface area (Å²) >= 11 is 5.67. The van der Waals surface area contributed by atoms with E-state index < -0.39 is 11.9 Å². The van der Waals surface area contributed by atoms with Crippen molar-refractivity contribution in [3.05, 3.63) is 58.9 Å². The summed E-state index contributed by atoms with van der Waals surface area (Å²) in [4.78, 5) is 12.2. The average molecular weight is 327 g/mol. The maximum atomic E-state index is 11.4. The van der Waals surface area contributed by atoms with Crippen molar-refractivity contribution in [2.75, 3.05) is 0 Å². The first-order valence-electron chi connectivity index (χ1n) is 8.06. The Labute approximate surface area is 142 Å². The summed E-state index contributed by atoms with van der Waals surface area (Å²) < 4.78 is 2.08. The van der Waals surface area contributed by atoms with Crippen molar-refractivity contribution in [1.82, 2.24) is 4.57 Å². The van der Waals surface area contributed by atoms with E-state index in [1.54, 1.807) is 0 Å². The van der Waals surface area contributed by atoms with Gasteiger partial charge in [0.15, 0.2) is 0 Å². The summed E-state index contributed by atoms with van der Waals surface area (Å²) in [5, 5.41) is 9.39. The van der Waals surface area contributed by atoms with Crippen LogP contribution in [-0.2, 0) is 11.3 Å². The van der Waals surface area contributed by atoms with Crippen LogP contribution in [0.1, 0.15) is 61.0 Å². The summed E-state index contributed by atoms with van der Waals surface area (Å²) in [6, 6.07) is 12.3. The predicted molar refractivity (Wildman–Crippen MR) is 95.4 cm³/mol. The molecule has 1 aromatic heterocycles. The molecule has 3 nitrogen and oxygen atoms in total. The fraction of sp³-hybridized carbons (Fsp3) is 0.368. The molecule has 0 fully saturated rings. The van der Waals surface area contributed by atoms with E-state index in [4.69, 9.17) is 12.2 Å². The summed E-state index contributed by atoms with van der Waals surface area (Å²) in [6.45, 7) is 5.18. The lowest BCUT2D eigenvalue weighted by atomic mass is 9.96. The zero-order valence-electron chi connectivity index (χ0n) is 13.5. The fourth-order valence-corrected chi connectivity index (χ4v) is 3.57. The minimum Gasteiger partial charge on any atom is -0.481 e. The van der Waals surface area contributed by atoms with E-state index in [1.807, 2.05) is 12.1 Å². The molecular formula is C19H21NO2S. The van der Waals surface area contributed by atoms with Crippen molar-refractivity contribution < 1.29 is 9.90 Å². The number of nitrogens with zero attached hydrogens (tertiary/aromatic N) is 1. The molecule has 0 spiro atoms. The van der Waals surface area contributed by atoms with Gasteiger partial charge in [-0.05, 0) is 42.0 Å². The highest BCUT2D eigenvalue weighted by molar-refractivity contribution is 7.81. The molecule has 120 valence electrons. The second-order valence-electron chi connectivity index (χ2n) is 6.43. The van der Waals surface area contributed by atoms with Gasteiger partial charge < -0.3 is 9.67 Å². The molecule has 2 aromatic rings. The number of carboxylic acid groups (broad SMARTS) is 1. The van der Waals surface area contributed by atoms with Gasteiger partial charge in [-0.25, -0.2) is 0 Å². The molecule has 0 bridgehead atoms. The van der Waals surface area contributed by atoms with Crippen molar-refractivity contribution in [3.8, 4) is 0 Å². The SMILES string of the molecule is CC(C)c1ccc(C(=S)c2ccc3n2CCCC3C(=O)O)cc1. The van der Waals surface area contributed by atoms with E-state index in [1.165, 1.54) is 5.56 Å². The van der Waals surface area contributed by atoms with Crippen LogP contribution in [0.4, 0.5) is 0 Å². The Morgan fingerprint density at radius 3 is 2.52 bits per heavy atom. The van der Waals surface area contributed by atoms with Crippen LogP contribution in [0.25, 0.3) is 0 Å². The Morgan fingerprint density at radius 2 is 1.91 bits per heavy atom. The topological polar surface area (TPSA) is 42.2 Å². The number of aromatic nitrogens is 1. The first kappa shape index (κ1) is 15.9. The molecule has 3 rings (SSSR count). The molecule has 1 aliphatic rings. The van der Waals surface area contributed by atoms with Gasteiger partial charge in [0.05, 0.1) is 16.5 Å². The molecule has 0 amide bonds. The van der Waals surface area contributed by atoms with Crippen LogP contribution in [0.15, 0.2) is 36.4 Å². The van der Waals surface area contributed by atoms with Crippen molar-refractivity contribution >= 4 is 23.1 Å². The molecule has 1 atom stereocenters. The monoisotopic (exact) mass is 327 g/mol. The third-order valence-electron chi connectivity index (χ3n) is 4.62. The molecule has 23 heavy (non-hydrogen) atoms. The first-order chi connectivity index (χ1) is 11.0. The van der Waals surface area contributed by atoms with Gasteiger partial charge in [-0.15, -0.1) is 0 Å². The maximum Gasteiger partial charge on any atom is 0.312 e. The summed E-state index contributed by atoms with van der Waals surface area (Å²) in [5.41, 5.74) is 4.14. The van der Waals surface area contributed by atoms with Crippen LogP contribution in [0.5, 0.6) is 0 Å². The van der Waals surface area contributed by atoms with Gasteiger partial charge in [-0.3, -0.25) is 4.79 Å². The van der Waals surface area contributed by atoms with E-state index in [0.717, 1.165) is 34.8 Å². The third-order valence-corrected chi connectivity index (χ3v) is 5.06. The third kappa shape index (κ3) is 2.95. The van der Waals surface area contributed by atoms with E-state index in [9.17, 15) is 9.90 Å². The van der Waals surface area contributed by atoms with Crippen molar-refractivity contribution in [2.45, 2.75) is 45.1 Å². The second kappa shape index (κ2) is 6.28. The largest absolute Gasteiger partial charge is 0.481 e. The van der Waals surface area contributed by atoms with Crippen LogP contribution < -0.4 is 0 Å². The Kier molecular flexibility index (Phi) is 4.35. The number of thiocarbonyl (C=S) groups is 1. The van der Waals surface area contributed by atoms with E-state index in [2.05, 4.69) is 42.7 Å². The Bertz CT molecular complexity index is 743. The van der Waals surface area contributed by atoms with Crippen LogP contribution >= 0.6 is 12.2 Å². The number of benzene rings is 1. The zero-order chi connectivity index (χ0) is 16.6. The van der Waals surface area contributed by atoms with Gasteiger partial charge in [0.2, 0.25) is 0 Å². The number of hydrogen-bond acceptors (Lipinski definition) is 2. The normalized spacial score (nSPS) is 17.1. The molecule has 0 aliphatic carbocycles. The minimum absolute atomic E-state index is 0.413. The molecule has 1 N–H and O–H groups in total. The Morgan fingerprint density at radius 1 is 1.22 bits per heavy atom. The minimum atomic E-state index is -0.747. The van der Waals surface area contributed by atoms with Gasteiger partial charge in [0.1, 0.15) is 0 Å². The molecule has 1 aromatic carbocycles. The molecule has 0 radical (unpaired) electrons. The maximum absolute atomic E-state index is 11.4.